The van der Waals surface area contributed by atoms with E-state index in [4.69, 9.17) is 14.2 Å². The molecule has 0 saturated carbocycles. The minimum absolute atomic E-state index is 0.278. The molecule has 0 aromatic carbocycles. The molecule has 7 heteroatoms. The van der Waals surface area contributed by atoms with Crippen LogP contribution >= 0.6 is 0 Å². The molecule has 1 unspecified atom stereocenters. The van der Waals surface area contributed by atoms with Crippen LogP contribution in [0.15, 0.2) is 11.8 Å². The molecular weight excluding hydrogens is 288 g/mol. The third-order valence-corrected chi connectivity index (χ3v) is 4.03. The molecule has 1 amide bonds. The standard InChI is InChI=1S/C15H25N2O5/c1-13(2)8-10(14(3,4)17(13)19)21-12(18)16(7)11-9-20-15(5,6)22-11/h8,11H,9H2,1-7H3. The zero-order chi connectivity index (χ0) is 16.9. The minimum Gasteiger partial charge on any atom is -0.413 e. The maximum Gasteiger partial charge on any atom is 0.416 e. The van der Waals surface area contributed by atoms with Gasteiger partial charge in [-0.25, -0.2) is 4.79 Å². The third kappa shape index (κ3) is 2.99. The quantitative estimate of drug-likeness (QED) is 0.782. The molecule has 1 atom stereocenters. The van der Waals surface area contributed by atoms with Crippen molar-refractivity contribution in [2.45, 2.75) is 64.6 Å². The van der Waals surface area contributed by atoms with Gasteiger partial charge in [0.05, 0.1) is 12.1 Å². The van der Waals surface area contributed by atoms with E-state index in [1.165, 1.54) is 4.90 Å². The Morgan fingerprint density at radius 3 is 2.32 bits per heavy atom. The topological polar surface area (TPSA) is 71.1 Å². The molecule has 0 aliphatic carbocycles. The van der Waals surface area contributed by atoms with Crippen molar-refractivity contribution in [3.05, 3.63) is 11.8 Å². The highest BCUT2D eigenvalue weighted by molar-refractivity contribution is 5.69. The Balaban J connectivity index is 2.06. The summed E-state index contributed by atoms with van der Waals surface area (Å²) in [6.45, 7) is 10.9. The van der Waals surface area contributed by atoms with Gasteiger partial charge in [0.1, 0.15) is 11.3 Å². The van der Waals surface area contributed by atoms with Crippen molar-refractivity contribution in [3.63, 3.8) is 0 Å². The number of carbonyl (C=O) groups is 1. The van der Waals surface area contributed by atoms with Crippen LogP contribution in [-0.4, -0.2) is 52.8 Å². The second-order valence-corrected chi connectivity index (χ2v) is 7.28. The first-order valence-corrected chi connectivity index (χ1v) is 7.34. The van der Waals surface area contributed by atoms with Gasteiger partial charge in [-0.05, 0) is 47.6 Å². The number of hydrogen-bond acceptors (Lipinski definition) is 5. The molecular formula is C15H25N2O5. The fourth-order valence-corrected chi connectivity index (χ4v) is 2.67. The van der Waals surface area contributed by atoms with Gasteiger partial charge in [0.2, 0.25) is 0 Å². The Bertz CT molecular complexity index is 498. The summed E-state index contributed by atoms with van der Waals surface area (Å²) in [7, 11) is 1.58. The van der Waals surface area contributed by atoms with Gasteiger partial charge < -0.3 is 14.2 Å². The fraction of sp³-hybridized carbons (Fsp3) is 0.800. The maximum absolute atomic E-state index is 12.3. The molecule has 1 fully saturated rings. The zero-order valence-electron chi connectivity index (χ0n) is 14.3. The van der Waals surface area contributed by atoms with Crippen molar-refractivity contribution in [1.82, 2.24) is 9.96 Å². The second-order valence-electron chi connectivity index (χ2n) is 7.28. The smallest absolute Gasteiger partial charge is 0.413 e. The molecule has 0 bridgehead atoms. The third-order valence-electron chi connectivity index (χ3n) is 4.03. The summed E-state index contributed by atoms with van der Waals surface area (Å²) in [6.07, 6.45) is 0.600. The van der Waals surface area contributed by atoms with Gasteiger partial charge in [-0.15, -0.1) is 10.3 Å². The molecule has 1 radical (unpaired) electrons. The lowest BCUT2D eigenvalue weighted by atomic mass is 10.1. The van der Waals surface area contributed by atoms with Gasteiger partial charge >= 0.3 is 6.09 Å². The summed E-state index contributed by atoms with van der Waals surface area (Å²) in [6, 6.07) is 0. The van der Waals surface area contributed by atoms with Crippen LogP contribution in [0.1, 0.15) is 41.5 Å². The molecule has 2 heterocycles. The fourth-order valence-electron chi connectivity index (χ4n) is 2.67. The first-order valence-electron chi connectivity index (χ1n) is 7.34. The SMILES string of the molecule is CN(C(=O)OC1=CC(C)(C)N([O])C1(C)C)C1COC(C)(C)O1. The van der Waals surface area contributed by atoms with Crippen LogP contribution < -0.4 is 0 Å². The average Bonchev–Trinajstić information content (AvgIpc) is 2.81. The van der Waals surface area contributed by atoms with Gasteiger partial charge in [0.15, 0.2) is 12.0 Å². The highest BCUT2D eigenvalue weighted by Crippen LogP contribution is 2.39. The molecule has 0 N–H and O–H groups in total. The molecule has 22 heavy (non-hydrogen) atoms. The number of nitrogens with zero attached hydrogens (tertiary/aromatic N) is 2. The summed E-state index contributed by atoms with van der Waals surface area (Å²) < 4.78 is 16.5. The summed E-state index contributed by atoms with van der Waals surface area (Å²) in [4.78, 5) is 13.6. The number of ether oxygens (including phenoxy) is 3. The highest BCUT2D eigenvalue weighted by Gasteiger charge is 2.49. The molecule has 125 valence electrons. The van der Waals surface area contributed by atoms with E-state index in [2.05, 4.69) is 0 Å². The van der Waals surface area contributed by atoms with Gasteiger partial charge in [-0.3, -0.25) is 4.90 Å². The Kier molecular flexibility index (Phi) is 4.06. The molecule has 1 saturated heterocycles. The summed E-state index contributed by atoms with van der Waals surface area (Å²) in [5, 5.41) is 13.2. The molecule has 2 rings (SSSR count). The van der Waals surface area contributed by atoms with Gasteiger partial charge in [-0.1, -0.05) is 0 Å². The molecule has 0 aromatic heterocycles. The Labute approximate surface area is 131 Å². The zero-order valence-corrected chi connectivity index (χ0v) is 14.3. The van der Waals surface area contributed by atoms with E-state index in [-0.39, 0.29) is 6.61 Å². The Hall–Kier alpha value is -1.15. The lowest BCUT2D eigenvalue weighted by molar-refractivity contribution is -0.242. The Morgan fingerprint density at radius 1 is 1.32 bits per heavy atom. The molecule has 7 nitrogen and oxygen atoms in total. The van der Waals surface area contributed by atoms with Crippen LogP contribution in [0, 0.1) is 0 Å². The van der Waals surface area contributed by atoms with E-state index in [1.54, 1.807) is 54.7 Å². The van der Waals surface area contributed by atoms with Crippen LogP contribution in [0.5, 0.6) is 0 Å². The van der Waals surface area contributed by atoms with Gasteiger partial charge in [0, 0.05) is 7.05 Å². The first-order chi connectivity index (χ1) is 9.87. The summed E-state index contributed by atoms with van der Waals surface area (Å²) >= 11 is 0. The lowest BCUT2D eigenvalue weighted by Crippen LogP contribution is -2.48. The lowest BCUT2D eigenvalue weighted by Gasteiger charge is -2.33. The average molecular weight is 313 g/mol. The van der Waals surface area contributed by atoms with Crippen LogP contribution in [0.4, 0.5) is 4.79 Å². The van der Waals surface area contributed by atoms with E-state index < -0.39 is 29.2 Å². The van der Waals surface area contributed by atoms with Crippen molar-refractivity contribution in [2.75, 3.05) is 13.7 Å². The van der Waals surface area contributed by atoms with Crippen LogP contribution in [0.25, 0.3) is 0 Å². The van der Waals surface area contributed by atoms with Crippen LogP contribution in [0.2, 0.25) is 0 Å². The predicted octanol–water partition coefficient (Wildman–Crippen LogP) is 2.27. The number of carbonyl (C=O) groups excluding carboxylic acids is 1. The predicted molar refractivity (Wildman–Crippen MR) is 77.9 cm³/mol. The Morgan fingerprint density at radius 2 is 1.91 bits per heavy atom. The van der Waals surface area contributed by atoms with Crippen molar-refractivity contribution >= 4 is 6.09 Å². The highest BCUT2D eigenvalue weighted by atomic mass is 16.8. The van der Waals surface area contributed by atoms with E-state index in [0.717, 1.165) is 5.06 Å². The van der Waals surface area contributed by atoms with Crippen molar-refractivity contribution < 1.29 is 24.2 Å². The molecule has 2 aliphatic rings. The van der Waals surface area contributed by atoms with Crippen LogP contribution in [-0.2, 0) is 19.4 Å². The monoisotopic (exact) mass is 313 g/mol. The number of hydrogen-bond donors (Lipinski definition) is 0. The molecule has 2 aliphatic heterocycles. The first kappa shape index (κ1) is 17.2. The summed E-state index contributed by atoms with van der Waals surface area (Å²) in [5.41, 5.74) is -1.61. The van der Waals surface area contributed by atoms with E-state index >= 15 is 0 Å². The van der Waals surface area contributed by atoms with Crippen molar-refractivity contribution in [1.29, 1.82) is 0 Å². The van der Waals surface area contributed by atoms with Crippen molar-refractivity contribution in [3.8, 4) is 0 Å². The number of amides is 1. The van der Waals surface area contributed by atoms with Crippen LogP contribution in [0.3, 0.4) is 0 Å². The normalized spacial score (nSPS) is 29.3. The number of likely N-dealkylation sites (N-methyl/N-ethyl adjacent to an activating group) is 1. The summed E-state index contributed by atoms with van der Waals surface area (Å²) in [5.74, 6) is -0.374. The second kappa shape index (κ2) is 5.19. The molecule has 0 spiro atoms. The molecule has 0 aromatic rings. The largest absolute Gasteiger partial charge is 0.416 e. The van der Waals surface area contributed by atoms with Gasteiger partial charge in [-0.2, -0.15) is 0 Å². The minimum atomic E-state index is -0.897. The number of hydroxylamine groups is 2. The van der Waals surface area contributed by atoms with E-state index in [9.17, 15) is 10.0 Å². The maximum atomic E-state index is 12.3. The van der Waals surface area contributed by atoms with Gasteiger partial charge in [0.25, 0.3) is 0 Å². The van der Waals surface area contributed by atoms with E-state index in [1.807, 2.05) is 0 Å². The van der Waals surface area contributed by atoms with E-state index in [0.29, 0.717) is 5.76 Å². The van der Waals surface area contributed by atoms with Crippen molar-refractivity contribution in [2.24, 2.45) is 0 Å². The number of rotatable bonds is 2.